The average molecular weight is 398 g/mol. The summed E-state index contributed by atoms with van der Waals surface area (Å²) in [5, 5.41) is 5.33. The number of anilines is 1. The van der Waals surface area contributed by atoms with Crippen LogP contribution in [0, 0.1) is 5.92 Å². The minimum atomic E-state index is -0.833. The van der Waals surface area contributed by atoms with Crippen molar-refractivity contribution in [3.8, 4) is 5.75 Å². The normalized spacial score (nSPS) is 11.5. The zero-order chi connectivity index (χ0) is 21.4. The molecule has 1 atom stereocenters. The number of nitrogens with one attached hydrogen (secondary N) is 2. The number of hydrogen-bond donors (Lipinski definition) is 2. The Balaban J connectivity index is 2.03. The van der Waals surface area contributed by atoms with Crippen LogP contribution in [0.5, 0.6) is 5.75 Å². The number of carbonyl (C=O) groups is 3. The van der Waals surface area contributed by atoms with Crippen LogP contribution in [0.2, 0.25) is 0 Å². The van der Waals surface area contributed by atoms with Gasteiger partial charge in [-0.25, -0.2) is 9.59 Å². The molecule has 0 aliphatic rings. The Bertz CT molecular complexity index is 865. The van der Waals surface area contributed by atoms with Crippen LogP contribution in [0.15, 0.2) is 48.5 Å². The topological polar surface area (TPSA) is 93.7 Å². The number of ketones is 1. The predicted octanol–water partition coefficient (Wildman–Crippen LogP) is 3.79. The maximum absolute atomic E-state index is 12.6. The summed E-state index contributed by atoms with van der Waals surface area (Å²) in [6, 6.07) is 12.5. The number of carbonyl (C=O) groups excluding carboxylic acids is 3. The van der Waals surface area contributed by atoms with Crippen LogP contribution in [0.25, 0.3) is 0 Å². The van der Waals surface area contributed by atoms with Crippen molar-refractivity contribution in [3.63, 3.8) is 0 Å². The molecule has 2 N–H and O–H groups in total. The number of esters is 1. The summed E-state index contributed by atoms with van der Waals surface area (Å²) in [5.41, 5.74) is 1.69. The van der Waals surface area contributed by atoms with Gasteiger partial charge in [-0.15, -0.1) is 0 Å². The highest BCUT2D eigenvalue weighted by Gasteiger charge is 2.26. The Morgan fingerprint density at radius 2 is 1.72 bits per heavy atom. The lowest BCUT2D eigenvalue weighted by Crippen LogP contribution is -2.47. The number of para-hydroxylation sites is 1. The lowest BCUT2D eigenvalue weighted by Gasteiger charge is -2.21. The van der Waals surface area contributed by atoms with E-state index < -0.39 is 18.0 Å². The molecular formula is C22H26N2O5. The first-order valence-electron chi connectivity index (χ1n) is 9.29. The minimum absolute atomic E-state index is 0.0751. The molecule has 2 rings (SSSR count). The molecule has 2 amide bonds. The van der Waals surface area contributed by atoms with Crippen molar-refractivity contribution < 1.29 is 23.9 Å². The molecule has 0 unspecified atom stereocenters. The summed E-state index contributed by atoms with van der Waals surface area (Å²) in [5.74, 6) is -0.342. The van der Waals surface area contributed by atoms with Crippen LogP contribution in [-0.4, -0.2) is 30.9 Å². The van der Waals surface area contributed by atoms with Gasteiger partial charge >= 0.3 is 12.0 Å². The van der Waals surface area contributed by atoms with Gasteiger partial charge in [0.2, 0.25) is 0 Å². The number of benzene rings is 2. The maximum Gasteiger partial charge on any atom is 0.329 e. The van der Waals surface area contributed by atoms with Gasteiger partial charge in [-0.05, 0) is 43.2 Å². The van der Waals surface area contributed by atoms with Gasteiger partial charge in [0.25, 0.3) is 0 Å². The summed E-state index contributed by atoms with van der Waals surface area (Å²) < 4.78 is 10.7. The fourth-order valence-electron chi connectivity index (χ4n) is 2.68. The molecule has 7 heteroatoms. The van der Waals surface area contributed by atoms with E-state index >= 15 is 0 Å². The molecule has 0 saturated carbocycles. The monoisotopic (exact) mass is 398 g/mol. The third kappa shape index (κ3) is 6.34. The summed E-state index contributed by atoms with van der Waals surface area (Å²) >= 11 is 0. The van der Waals surface area contributed by atoms with Gasteiger partial charge in [-0.1, -0.05) is 32.0 Å². The van der Waals surface area contributed by atoms with E-state index in [-0.39, 0.29) is 18.3 Å². The molecule has 0 fully saturated rings. The predicted molar refractivity (Wildman–Crippen MR) is 110 cm³/mol. The van der Waals surface area contributed by atoms with Crippen molar-refractivity contribution >= 4 is 23.5 Å². The standard InChI is InChI=1S/C22H26N2O5/c1-14(2)20(24-22(27)23-18-8-6-5-7-9-18)21(26)29-13-17-12-16(15(3)25)10-11-19(17)28-4/h5-12,14,20H,13H2,1-4H3,(H2,23,24,27)/t20-/m0/s1. The van der Waals surface area contributed by atoms with Gasteiger partial charge in [0, 0.05) is 16.8 Å². The summed E-state index contributed by atoms with van der Waals surface area (Å²) in [6.07, 6.45) is 0. The minimum Gasteiger partial charge on any atom is -0.496 e. The number of urea groups is 1. The highest BCUT2D eigenvalue weighted by molar-refractivity contribution is 5.94. The molecule has 0 aliphatic carbocycles. The number of methoxy groups -OCH3 is 1. The van der Waals surface area contributed by atoms with Crippen LogP contribution in [0.1, 0.15) is 36.7 Å². The quantitative estimate of drug-likeness (QED) is 0.521. The molecule has 0 radical (unpaired) electrons. The molecule has 0 spiro atoms. The maximum atomic E-state index is 12.6. The second-order valence-corrected chi connectivity index (χ2v) is 6.88. The highest BCUT2D eigenvalue weighted by Crippen LogP contribution is 2.21. The Kier molecular flexibility index (Phi) is 7.77. The van der Waals surface area contributed by atoms with Crippen molar-refractivity contribution in [1.82, 2.24) is 5.32 Å². The lowest BCUT2D eigenvalue weighted by molar-refractivity contribution is -0.148. The van der Waals surface area contributed by atoms with Crippen LogP contribution in [0.3, 0.4) is 0 Å². The van der Waals surface area contributed by atoms with E-state index in [2.05, 4.69) is 10.6 Å². The largest absolute Gasteiger partial charge is 0.496 e. The summed E-state index contributed by atoms with van der Waals surface area (Å²) in [6.45, 7) is 5.01. The molecule has 0 aliphatic heterocycles. The van der Waals surface area contributed by atoms with Crippen LogP contribution in [-0.2, 0) is 16.1 Å². The number of Topliss-reactive ketones (excluding diaryl/α,β-unsaturated/α-hetero) is 1. The van der Waals surface area contributed by atoms with E-state index in [0.29, 0.717) is 22.6 Å². The number of amides is 2. The first kappa shape index (κ1) is 21.9. The third-order valence-electron chi connectivity index (χ3n) is 4.30. The fraction of sp³-hybridized carbons (Fsp3) is 0.318. The number of rotatable bonds is 8. The molecule has 2 aromatic rings. The molecule has 2 aromatic carbocycles. The van der Waals surface area contributed by atoms with Gasteiger partial charge in [0.1, 0.15) is 18.4 Å². The molecule has 0 heterocycles. The van der Waals surface area contributed by atoms with E-state index in [1.165, 1.54) is 14.0 Å². The van der Waals surface area contributed by atoms with E-state index in [0.717, 1.165) is 0 Å². The van der Waals surface area contributed by atoms with Crippen LogP contribution >= 0.6 is 0 Å². The molecular weight excluding hydrogens is 372 g/mol. The summed E-state index contributed by atoms with van der Waals surface area (Å²) in [4.78, 5) is 36.4. The average Bonchev–Trinajstić information content (AvgIpc) is 2.70. The number of hydrogen-bond acceptors (Lipinski definition) is 5. The first-order chi connectivity index (χ1) is 13.8. The molecule has 0 aromatic heterocycles. The van der Waals surface area contributed by atoms with Crippen molar-refractivity contribution in [2.45, 2.75) is 33.4 Å². The van der Waals surface area contributed by atoms with E-state index in [1.807, 2.05) is 19.9 Å². The van der Waals surface area contributed by atoms with Gasteiger partial charge < -0.3 is 20.1 Å². The van der Waals surface area contributed by atoms with Gasteiger partial charge in [0.15, 0.2) is 5.78 Å². The molecule has 154 valence electrons. The molecule has 0 saturated heterocycles. The van der Waals surface area contributed by atoms with Crippen molar-refractivity contribution in [2.75, 3.05) is 12.4 Å². The Hall–Kier alpha value is -3.35. The lowest BCUT2D eigenvalue weighted by atomic mass is 10.0. The van der Waals surface area contributed by atoms with Crippen molar-refractivity contribution in [2.24, 2.45) is 5.92 Å². The van der Waals surface area contributed by atoms with Crippen molar-refractivity contribution in [3.05, 3.63) is 59.7 Å². The Morgan fingerprint density at radius 1 is 1.03 bits per heavy atom. The fourth-order valence-corrected chi connectivity index (χ4v) is 2.68. The van der Waals surface area contributed by atoms with E-state index in [4.69, 9.17) is 9.47 Å². The Labute approximate surface area is 170 Å². The second kappa shape index (κ2) is 10.3. The molecule has 0 bridgehead atoms. The molecule has 29 heavy (non-hydrogen) atoms. The molecule has 7 nitrogen and oxygen atoms in total. The van der Waals surface area contributed by atoms with E-state index in [1.54, 1.807) is 42.5 Å². The number of ether oxygens (including phenoxy) is 2. The van der Waals surface area contributed by atoms with Crippen molar-refractivity contribution in [1.29, 1.82) is 0 Å². The zero-order valence-electron chi connectivity index (χ0n) is 17.0. The third-order valence-corrected chi connectivity index (χ3v) is 4.30. The van der Waals surface area contributed by atoms with E-state index in [9.17, 15) is 14.4 Å². The van der Waals surface area contributed by atoms with Gasteiger partial charge in [0.05, 0.1) is 7.11 Å². The zero-order valence-corrected chi connectivity index (χ0v) is 17.0. The first-order valence-corrected chi connectivity index (χ1v) is 9.29. The summed E-state index contributed by atoms with van der Waals surface area (Å²) in [7, 11) is 1.50. The second-order valence-electron chi connectivity index (χ2n) is 6.88. The van der Waals surface area contributed by atoms with Gasteiger partial charge in [-0.3, -0.25) is 4.79 Å². The SMILES string of the molecule is COc1ccc(C(C)=O)cc1COC(=O)[C@@H](NC(=O)Nc1ccccc1)C(C)C. The van der Waals surface area contributed by atoms with Crippen LogP contribution in [0.4, 0.5) is 10.5 Å². The smallest absolute Gasteiger partial charge is 0.329 e. The highest BCUT2D eigenvalue weighted by atomic mass is 16.5. The van der Waals surface area contributed by atoms with Gasteiger partial charge in [-0.2, -0.15) is 0 Å². The Morgan fingerprint density at radius 3 is 2.31 bits per heavy atom. The van der Waals surface area contributed by atoms with Crippen LogP contribution < -0.4 is 15.4 Å².